The Morgan fingerprint density at radius 1 is 1.50 bits per heavy atom. The Balaban J connectivity index is 2.82. The maximum atomic E-state index is 12.2. The fourth-order valence-electron chi connectivity index (χ4n) is 0.807. The first kappa shape index (κ1) is 9.51. The molecule has 1 unspecified atom stereocenters. The minimum Gasteiger partial charge on any atom is -0.212 e. The second-order valence-corrected chi connectivity index (χ2v) is 2.68. The Morgan fingerprint density at radius 2 is 2.08 bits per heavy atom. The molecule has 0 aromatic rings. The van der Waals surface area contributed by atoms with E-state index >= 15 is 0 Å². The molecule has 1 heterocycles. The third-order valence-corrected chi connectivity index (χ3v) is 1.77. The van der Waals surface area contributed by atoms with Crippen molar-refractivity contribution in [3.63, 3.8) is 0 Å². The van der Waals surface area contributed by atoms with Crippen LogP contribution in [0.2, 0.25) is 0 Å². The molecule has 0 amide bonds. The Kier molecular flexibility index (Phi) is 2.41. The summed E-state index contributed by atoms with van der Waals surface area (Å²) in [6.07, 6.45) is -4.15. The van der Waals surface area contributed by atoms with Crippen LogP contribution in [-0.4, -0.2) is 11.3 Å². The van der Waals surface area contributed by atoms with E-state index in [-0.39, 0.29) is 0 Å². The van der Waals surface area contributed by atoms with Crippen LogP contribution in [0.1, 0.15) is 6.42 Å². The van der Waals surface area contributed by atoms with Crippen molar-refractivity contribution in [2.24, 2.45) is 10.9 Å². The first-order chi connectivity index (χ1) is 5.41. The van der Waals surface area contributed by atoms with Crippen LogP contribution in [-0.2, 0) is 0 Å². The second kappa shape index (κ2) is 3.05. The van der Waals surface area contributed by atoms with E-state index in [0.29, 0.717) is 0 Å². The van der Waals surface area contributed by atoms with E-state index in [1.165, 1.54) is 0 Å². The molecule has 0 bridgehead atoms. The van der Waals surface area contributed by atoms with Crippen LogP contribution in [0.25, 0.3) is 0 Å². The Bertz CT molecular complexity index is 242. The number of allylic oxidation sites excluding steroid dienone is 1. The molecule has 12 heavy (non-hydrogen) atoms. The number of halogens is 5. The molecule has 0 saturated heterocycles. The average molecular weight is 202 g/mol. The van der Waals surface area contributed by atoms with Gasteiger partial charge in [0.2, 0.25) is 5.95 Å². The lowest BCUT2D eigenvalue weighted by Gasteiger charge is -2.19. The maximum Gasteiger partial charge on any atom is 0.398 e. The monoisotopic (exact) mass is 201 g/mol. The summed E-state index contributed by atoms with van der Waals surface area (Å²) in [5.74, 6) is -2.81. The summed E-state index contributed by atoms with van der Waals surface area (Å²) in [7, 11) is 0. The van der Waals surface area contributed by atoms with Crippen molar-refractivity contribution in [2.75, 3.05) is 0 Å². The molecule has 0 aromatic heterocycles. The molecule has 1 nitrogen and oxygen atoms in total. The highest BCUT2D eigenvalue weighted by Gasteiger charge is 2.43. The standard InChI is InChI=1S/C6H4ClF4N/c7-5-3(6(9,10)11)1-2-4(8)12-5/h2-3H,1H2. The number of rotatable bonds is 0. The van der Waals surface area contributed by atoms with Gasteiger partial charge in [0.25, 0.3) is 0 Å². The van der Waals surface area contributed by atoms with Crippen LogP contribution in [0.4, 0.5) is 17.6 Å². The fraction of sp³-hybridized carbons (Fsp3) is 0.500. The van der Waals surface area contributed by atoms with Crippen molar-refractivity contribution >= 4 is 16.8 Å². The van der Waals surface area contributed by atoms with E-state index < -0.39 is 29.6 Å². The second-order valence-electron chi connectivity index (χ2n) is 2.29. The smallest absolute Gasteiger partial charge is 0.212 e. The zero-order valence-corrected chi connectivity index (χ0v) is 6.45. The Labute approximate surface area is 70.7 Å². The first-order valence-electron chi connectivity index (χ1n) is 3.07. The Hall–Kier alpha value is -0.580. The van der Waals surface area contributed by atoms with E-state index in [4.69, 9.17) is 11.6 Å². The van der Waals surface area contributed by atoms with Crippen LogP contribution in [0.5, 0.6) is 0 Å². The summed E-state index contributed by atoms with van der Waals surface area (Å²) >= 11 is 5.11. The highest BCUT2D eigenvalue weighted by atomic mass is 35.5. The van der Waals surface area contributed by atoms with E-state index in [1.807, 2.05) is 0 Å². The predicted octanol–water partition coefficient (Wildman–Crippen LogP) is 3.02. The van der Waals surface area contributed by atoms with Gasteiger partial charge in [-0.05, 0) is 12.5 Å². The molecular weight excluding hydrogens is 198 g/mol. The van der Waals surface area contributed by atoms with Gasteiger partial charge >= 0.3 is 6.18 Å². The summed E-state index contributed by atoms with van der Waals surface area (Å²) in [5.41, 5.74) is 0. The van der Waals surface area contributed by atoms with Gasteiger partial charge in [0.15, 0.2) is 0 Å². The van der Waals surface area contributed by atoms with Crippen LogP contribution in [0, 0.1) is 5.92 Å². The van der Waals surface area contributed by atoms with Crippen molar-refractivity contribution in [1.82, 2.24) is 0 Å². The summed E-state index contributed by atoms with van der Waals surface area (Å²) in [5, 5.41) is -0.734. The van der Waals surface area contributed by atoms with E-state index in [1.54, 1.807) is 0 Å². The van der Waals surface area contributed by atoms with Crippen molar-refractivity contribution < 1.29 is 17.6 Å². The minimum absolute atomic E-state index is 0.475. The summed E-state index contributed by atoms with van der Waals surface area (Å²) in [6, 6.07) is 0. The molecule has 0 aromatic carbocycles. The molecule has 1 rings (SSSR count). The van der Waals surface area contributed by atoms with Gasteiger partial charge in [-0.3, -0.25) is 0 Å². The zero-order chi connectivity index (χ0) is 9.35. The minimum atomic E-state index is -4.45. The molecule has 0 aliphatic carbocycles. The summed E-state index contributed by atoms with van der Waals surface area (Å²) in [6.45, 7) is 0. The van der Waals surface area contributed by atoms with Gasteiger partial charge in [-0.15, -0.1) is 0 Å². The van der Waals surface area contributed by atoms with Crippen LogP contribution >= 0.6 is 11.6 Å². The Morgan fingerprint density at radius 3 is 2.50 bits per heavy atom. The first-order valence-corrected chi connectivity index (χ1v) is 3.45. The fourth-order valence-corrected chi connectivity index (χ4v) is 1.10. The quantitative estimate of drug-likeness (QED) is 0.422. The SMILES string of the molecule is FC1=CCC(C(F)(F)F)C(Cl)=N1. The van der Waals surface area contributed by atoms with Gasteiger partial charge in [0.05, 0.1) is 0 Å². The lowest BCUT2D eigenvalue weighted by Crippen LogP contribution is -2.29. The largest absolute Gasteiger partial charge is 0.398 e. The topological polar surface area (TPSA) is 12.4 Å². The molecule has 0 N–H and O–H groups in total. The summed E-state index contributed by atoms with van der Waals surface area (Å²) in [4.78, 5) is 2.89. The molecule has 0 spiro atoms. The molecule has 1 aliphatic rings. The van der Waals surface area contributed by atoms with E-state index in [0.717, 1.165) is 6.08 Å². The van der Waals surface area contributed by atoms with Gasteiger partial charge < -0.3 is 0 Å². The van der Waals surface area contributed by atoms with Crippen LogP contribution in [0.3, 0.4) is 0 Å². The molecule has 68 valence electrons. The van der Waals surface area contributed by atoms with Gasteiger partial charge in [0.1, 0.15) is 11.1 Å². The number of hydrogen-bond acceptors (Lipinski definition) is 1. The molecule has 0 fully saturated rings. The number of nitrogens with zero attached hydrogens (tertiary/aromatic N) is 1. The highest BCUT2D eigenvalue weighted by Crippen LogP contribution is 2.34. The van der Waals surface area contributed by atoms with Crippen molar-refractivity contribution in [3.05, 3.63) is 12.0 Å². The molecular formula is C6H4ClF4N. The molecule has 0 saturated carbocycles. The third kappa shape index (κ3) is 1.97. The van der Waals surface area contributed by atoms with Crippen molar-refractivity contribution in [1.29, 1.82) is 0 Å². The maximum absolute atomic E-state index is 12.2. The van der Waals surface area contributed by atoms with E-state index in [2.05, 4.69) is 4.99 Å². The molecule has 0 radical (unpaired) electrons. The highest BCUT2D eigenvalue weighted by molar-refractivity contribution is 6.66. The lowest BCUT2D eigenvalue weighted by atomic mass is 10.1. The van der Waals surface area contributed by atoms with Crippen LogP contribution < -0.4 is 0 Å². The molecule has 1 atom stereocenters. The number of aliphatic imine (C=N–C) groups is 1. The van der Waals surface area contributed by atoms with Gasteiger partial charge in [-0.1, -0.05) is 11.6 Å². The normalized spacial score (nSPS) is 24.9. The summed E-state index contributed by atoms with van der Waals surface area (Å²) < 4.78 is 48.2. The zero-order valence-electron chi connectivity index (χ0n) is 5.70. The van der Waals surface area contributed by atoms with Crippen molar-refractivity contribution in [3.8, 4) is 0 Å². The lowest BCUT2D eigenvalue weighted by molar-refractivity contribution is -0.154. The van der Waals surface area contributed by atoms with Gasteiger partial charge in [0, 0.05) is 0 Å². The predicted molar refractivity (Wildman–Crippen MR) is 36.6 cm³/mol. The van der Waals surface area contributed by atoms with E-state index in [9.17, 15) is 17.6 Å². The molecule has 1 aliphatic heterocycles. The number of alkyl halides is 3. The van der Waals surface area contributed by atoms with Crippen LogP contribution in [0.15, 0.2) is 17.0 Å². The molecule has 6 heteroatoms. The van der Waals surface area contributed by atoms with Gasteiger partial charge in [-0.2, -0.15) is 17.6 Å². The van der Waals surface area contributed by atoms with Crippen molar-refractivity contribution in [2.45, 2.75) is 12.6 Å². The number of hydrogen-bond donors (Lipinski definition) is 0. The van der Waals surface area contributed by atoms with Gasteiger partial charge in [-0.25, -0.2) is 4.99 Å². The third-order valence-electron chi connectivity index (χ3n) is 1.42. The average Bonchev–Trinajstić information content (AvgIpc) is 1.83.